The molecule has 0 aliphatic carbocycles. The van der Waals surface area contributed by atoms with Crippen molar-refractivity contribution in [1.29, 1.82) is 0 Å². The predicted octanol–water partition coefficient (Wildman–Crippen LogP) is 2.31. The highest BCUT2D eigenvalue weighted by molar-refractivity contribution is 5.78. The van der Waals surface area contributed by atoms with Gasteiger partial charge in [0.2, 0.25) is 0 Å². The van der Waals surface area contributed by atoms with Crippen molar-refractivity contribution in [3.63, 3.8) is 0 Å². The quantitative estimate of drug-likeness (QED) is 0.451. The number of rotatable bonds is 10. The Morgan fingerprint density at radius 1 is 1.05 bits per heavy atom. The molecule has 0 radical (unpaired) electrons. The molecule has 7 nitrogen and oxygen atoms in total. The Kier molecular flexibility index (Phi) is 9.76. The molecule has 0 amide bonds. The third-order valence-corrected chi connectivity index (χ3v) is 2.98. The highest BCUT2D eigenvalue weighted by atomic mass is 16.7. The lowest BCUT2D eigenvalue weighted by Crippen LogP contribution is -2.39. The Hall–Kier alpha value is -1.34. The van der Waals surface area contributed by atoms with Crippen molar-refractivity contribution in [2.45, 2.75) is 58.8 Å². The van der Waals surface area contributed by atoms with E-state index in [1.165, 1.54) is 7.11 Å². The van der Waals surface area contributed by atoms with Gasteiger partial charge in [0.25, 0.3) is 0 Å². The van der Waals surface area contributed by atoms with E-state index in [-0.39, 0.29) is 32.0 Å². The second kappa shape index (κ2) is 10.4. The van der Waals surface area contributed by atoms with Gasteiger partial charge >= 0.3 is 12.1 Å². The van der Waals surface area contributed by atoms with Crippen LogP contribution in [0.25, 0.3) is 0 Å². The molecule has 0 aromatic carbocycles. The van der Waals surface area contributed by atoms with Crippen molar-refractivity contribution < 1.29 is 33.3 Å². The summed E-state index contributed by atoms with van der Waals surface area (Å²) >= 11 is 0. The van der Waals surface area contributed by atoms with E-state index < -0.39 is 17.7 Å². The molecule has 0 saturated heterocycles. The van der Waals surface area contributed by atoms with Crippen molar-refractivity contribution in [1.82, 2.24) is 0 Å². The number of methoxy groups -OCH3 is 1. The van der Waals surface area contributed by atoms with E-state index in [1.807, 2.05) is 6.92 Å². The minimum atomic E-state index is -1.13. The molecule has 130 valence electrons. The average Bonchev–Trinajstić information content (AvgIpc) is 2.48. The van der Waals surface area contributed by atoms with Gasteiger partial charge in [-0.25, -0.2) is 9.59 Å². The molecule has 2 unspecified atom stereocenters. The fourth-order valence-electron chi connectivity index (χ4n) is 1.20. The SMILES string of the molecule is CCC(C)OC(=O)OCCOC(C)(C)C(=O)OCC(C)OC. The molecule has 0 aromatic rings. The Labute approximate surface area is 132 Å². The first kappa shape index (κ1) is 20.7. The highest BCUT2D eigenvalue weighted by Gasteiger charge is 2.30. The van der Waals surface area contributed by atoms with Gasteiger partial charge in [-0.15, -0.1) is 0 Å². The number of hydrogen-bond donors (Lipinski definition) is 0. The molecule has 0 bridgehead atoms. The molecule has 0 rings (SSSR count). The third-order valence-electron chi connectivity index (χ3n) is 2.98. The predicted molar refractivity (Wildman–Crippen MR) is 79.6 cm³/mol. The van der Waals surface area contributed by atoms with Gasteiger partial charge in [0.15, 0.2) is 5.60 Å². The highest BCUT2D eigenvalue weighted by Crippen LogP contribution is 2.12. The molecule has 0 spiro atoms. The second-order valence-corrected chi connectivity index (χ2v) is 5.44. The first-order chi connectivity index (χ1) is 10.2. The Bertz CT molecular complexity index is 341. The van der Waals surface area contributed by atoms with E-state index >= 15 is 0 Å². The van der Waals surface area contributed by atoms with Gasteiger partial charge in [-0.05, 0) is 34.1 Å². The standard InChI is InChI=1S/C15H28O7/c1-7-11(2)22-14(17)19-8-9-21-15(4,5)13(16)20-10-12(3)18-6/h11-12H,7-10H2,1-6H3. The maximum absolute atomic E-state index is 11.9. The molecule has 0 aliphatic rings. The molecular formula is C15H28O7. The fourth-order valence-corrected chi connectivity index (χ4v) is 1.20. The Morgan fingerprint density at radius 3 is 2.23 bits per heavy atom. The summed E-state index contributed by atoms with van der Waals surface area (Å²) in [5.41, 5.74) is -1.13. The number of carbonyl (C=O) groups is 2. The van der Waals surface area contributed by atoms with Gasteiger partial charge in [-0.2, -0.15) is 0 Å². The van der Waals surface area contributed by atoms with Crippen LogP contribution >= 0.6 is 0 Å². The molecule has 22 heavy (non-hydrogen) atoms. The molecule has 0 N–H and O–H groups in total. The molecule has 7 heteroatoms. The summed E-state index contributed by atoms with van der Waals surface area (Å²) in [7, 11) is 1.54. The van der Waals surface area contributed by atoms with Crippen LogP contribution in [-0.4, -0.2) is 56.9 Å². The van der Waals surface area contributed by atoms with Crippen molar-refractivity contribution in [2.24, 2.45) is 0 Å². The fraction of sp³-hybridized carbons (Fsp3) is 0.867. The van der Waals surface area contributed by atoms with Crippen molar-refractivity contribution >= 4 is 12.1 Å². The zero-order valence-corrected chi connectivity index (χ0v) is 14.3. The van der Waals surface area contributed by atoms with Crippen molar-refractivity contribution in [3.8, 4) is 0 Å². The molecule has 0 saturated carbocycles. The number of ether oxygens (including phenoxy) is 5. The molecule has 0 fully saturated rings. The lowest BCUT2D eigenvalue weighted by atomic mass is 10.1. The summed E-state index contributed by atoms with van der Waals surface area (Å²) in [6.45, 7) is 8.86. The van der Waals surface area contributed by atoms with E-state index in [9.17, 15) is 9.59 Å². The van der Waals surface area contributed by atoms with Crippen LogP contribution in [0.15, 0.2) is 0 Å². The summed E-state index contributed by atoms with van der Waals surface area (Å²) in [6.07, 6.45) is -0.405. The maximum atomic E-state index is 11.9. The Morgan fingerprint density at radius 2 is 1.68 bits per heavy atom. The number of carbonyl (C=O) groups excluding carboxylic acids is 2. The molecule has 0 aliphatic heterocycles. The van der Waals surface area contributed by atoms with Crippen molar-refractivity contribution in [2.75, 3.05) is 26.9 Å². The summed E-state index contributed by atoms with van der Waals surface area (Å²) < 4.78 is 25.2. The van der Waals surface area contributed by atoms with E-state index in [0.717, 1.165) is 0 Å². The monoisotopic (exact) mass is 320 g/mol. The summed E-state index contributed by atoms with van der Waals surface area (Å²) in [5.74, 6) is -0.501. The Balaban J connectivity index is 3.96. The summed E-state index contributed by atoms with van der Waals surface area (Å²) in [6, 6.07) is 0. The van der Waals surface area contributed by atoms with Gasteiger partial charge in [0, 0.05) is 7.11 Å². The van der Waals surface area contributed by atoms with Crippen LogP contribution in [0.2, 0.25) is 0 Å². The average molecular weight is 320 g/mol. The van der Waals surface area contributed by atoms with E-state index in [2.05, 4.69) is 0 Å². The molecule has 0 heterocycles. The zero-order valence-electron chi connectivity index (χ0n) is 14.3. The largest absolute Gasteiger partial charge is 0.508 e. The van der Waals surface area contributed by atoms with Crippen LogP contribution in [0, 0.1) is 0 Å². The second-order valence-electron chi connectivity index (χ2n) is 5.44. The van der Waals surface area contributed by atoms with Crippen LogP contribution in [0.1, 0.15) is 41.0 Å². The lowest BCUT2D eigenvalue weighted by Gasteiger charge is -2.24. The van der Waals surface area contributed by atoms with E-state index in [4.69, 9.17) is 23.7 Å². The first-order valence-corrected chi connectivity index (χ1v) is 7.40. The smallest absolute Gasteiger partial charge is 0.461 e. The number of hydrogen-bond acceptors (Lipinski definition) is 7. The van der Waals surface area contributed by atoms with Gasteiger partial charge in [0.1, 0.15) is 19.3 Å². The minimum Gasteiger partial charge on any atom is -0.461 e. The van der Waals surface area contributed by atoms with E-state index in [0.29, 0.717) is 6.42 Å². The number of esters is 1. The lowest BCUT2D eigenvalue weighted by molar-refractivity contribution is -0.172. The third kappa shape index (κ3) is 8.84. The van der Waals surface area contributed by atoms with Gasteiger partial charge in [-0.3, -0.25) is 0 Å². The van der Waals surface area contributed by atoms with Gasteiger partial charge in [-0.1, -0.05) is 6.92 Å². The minimum absolute atomic E-state index is 0.000448. The summed E-state index contributed by atoms with van der Waals surface area (Å²) in [5, 5.41) is 0. The van der Waals surface area contributed by atoms with Crippen LogP contribution < -0.4 is 0 Å². The van der Waals surface area contributed by atoms with E-state index in [1.54, 1.807) is 27.7 Å². The molecule has 2 atom stereocenters. The van der Waals surface area contributed by atoms with Crippen LogP contribution in [-0.2, 0) is 28.5 Å². The van der Waals surface area contributed by atoms with Crippen LogP contribution in [0.4, 0.5) is 4.79 Å². The zero-order chi connectivity index (χ0) is 17.2. The first-order valence-electron chi connectivity index (χ1n) is 7.40. The summed E-state index contributed by atoms with van der Waals surface area (Å²) in [4.78, 5) is 23.1. The maximum Gasteiger partial charge on any atom is 0.508 e. The van der Waals surface area contributed by atoms with Crippen molar-refractivity contribution in [3.05, 3.63) is 0 Å². The van der Waals surface area contributed by atoms with Gasteiger partial charge in [0.05, 0.1) is 12.7 Å². The molecule has 0 aromatic heterocycles. The molecular weight excluding hydrogens is 292 g/mol. The normalized spacial score (nSPS) is 14.1. The van der Waals surface area contributed by atoms with Gasteiger partial charge < -0.3 is 23.7 Å². The van der Waals surface area contributed by atoms with Crippen LogP contribution in [0.5, 0.6) is 0 Å². The topological polar surface area (TPSA) is 80.3 Å². The van der Waals surface area contributed by atoms with Crippen LogP contribution in [0.3, 0.4) is 0 Å².